The molecule has 4 rings (SSSR count). The van der Waals surface area contributed by atoms with E-state index in [4.69, 9.17) is 0 Å². The molecule has 0 bridgehead atoms. The van der Waals surface area contributed by atoms with Crippen LogP contribution in [-0.2, 0) is 17.6 Å². The van der Waals surface area contributed by atoms with E-state index in [9.17, 15) is 4.79 Å². The minimum atomic E-state index is 0.0196. The van der Waals surface area contributed by atoms with Gasteiger partial charge < -0.3 is 5.32 Å². The minimum Gasteiger partial charge on any atom is -0.318 e. The second kappa shape index (κ2) is 7.26. The van der Waals surface area contributed by atoms with Crippen LogP contribution in [0.15, 0.2) is 24.5 Å². The van der Waals surface area contributed by atoms with E-state index in [1.54, 1.807) is 18.3 Å². The van der Waals surface area contributed by atoms with Gasteiger partial charge in [0.15, 0.2) is 0 Å². The largest absolute Gasteiger partial charge is 0.318 e. The Labute approximate surface area is 153 Å². The standard InChI is InChI=1S/C20H25N3OS/c1-14(24)22-20-18(16-8-2-3-9-17(16)25-20)19(23-11-4-5-12-23)15-7-6-10-21-13-15/h6-7,10,13,19H,2-5,8-9,11-12H2,1H3,(H,22,24). The van der Waals surface area contributed by atoms with Crippen LogP contribution >= 0.6 is 11.3 Å². The molecule has 1 saturated heterocycles. The maximum Gasteiger partial charge on any atom is 0.221 e. The molecule has 1 unspecified atom stereocenters. The number of fused-ring (bicyclic) bond motifs is 1. The highest BCUT2D eigenvalue weighted by atomic mass is 32.1. The number of amides is 1. The zero-order chi connectivity index (χ0) is 17.2. The maximum absolute atomic E-state index is 11.8. The Bertz CT molecular complexity index is 750. The van der Waals surface area contributed by atoms with Crippen molar-refractivity contribution in [2.45, 2.75) is 51.5 Å². The van der Waals surface area contributed by atoms with Crippen molar-refractivity contribution in [3.8, 4) is 0 Å². The molecule has 0 saturated carbocycles. The summed E-state index contributed by atoms with van der Waals surface area (Å²) in [6, 6.07) is 4.41. The Morgan fingerprint density at radius 2 is 2.04 bits per heavy atom. The van der Waals surface area contributed by atoms with Gasteiger partial charge in [-0.25, -0.2) is 0 Å². The van der Waals surface area contributed by atoms with Crippen LogP contribution in [0.5, 0.6) is 0 Å². The van der Waals surface area contributed by atoms with Gasteiger partial charge in [0, 0.05) is 29.8 Å². The Hall–Kier alpha value is -1.72. The summed E-state index contributed by atoms with van der Waals surface area (Å²) in [5.41, 5.74) is 4.06. The highest BCUT2D eigenvalue weighted by Gasteiger charge is 2.33. The Kier molecular flexibility index (Phi) is 4.86. The van der Waals surface area contributed by atoms with Gasteiger partial charge in [-0.15, -0.1) is 11.3 Å². The Balaban J connectivity index is 1.85. The lowest BCUT2D eigenvalue weighted by atomic mass is 9.89. The van der Waals surface area contributed by atoms with Gasteiger partial charge in [-0.1, -0.05) is 6.07 Å². The summed E-state index contributed by atoms with van der Waals surface area (Å²) in [6.07, 6.45) is 11.1. The lowest BCUT2D eigenvalue weighted by Gasteiger charge is -2.30. The molecule has 25 heavy (non-hydrogen) atoms. The van der Waals surface area contributed by atoms with E-state index in [0.29, 0.717) is 0 Å². The molecule has 1 fully saturated rings. The Morgan fingerprint density at radius 1 is 1.24 bits per heavy atom. The second-order valence-corrected chi connectivity index (χ2v) is 8.17. The number of thiophene rings is 1. The van der Waals surface area contributed by atoms with Crippen LogP contribution in [0.25, 0.3) is 0 Å². The van der Waals surface area contributed by atoms with Crippen molar-refractivity contribution in [1.29, 1.82) is 0 Å². The van der Waals surface area contributed by atoms with E-state index in [0.717, 1.165) is 30.9 Å². The van der Waals surface area contributed by atoms with Crippen LogP contribution in [0.2, 0.25) is 0 Å². The van der Waals surface area contributed by atoms with Crippen molar-refractivity contribution < 1.29 is 4.79 Å². The average molecular weight is 356 g/mol. The van der Waals surface area contributed by atoms with Crippen LogP contribution in [-0.4, -0.2) is 28.9 Å². The van der Waals surface area contributed by atoms with Crippen molar-refractivity contribution >= 4 is 22.2 Å². The van der Waals surface area contributed by atoms with Crippen LogP contribution < -0.4 is 5.32 Å². The first kappa shape index (κ1) is 16.7. The number of hydrogen-bond donors (Lipinski definition) is 1. The molecular formula is C20H25N3OS. The van der Waals surface area contributed by atoms with E-state index < -0.39 is 0 Å². The van der Waals surface area contributed by atoms with Crippen molar-refractivity contribution in [2.75, 3.05) is 18.4 Å². The molecule has 2 aliphatic rings. The van der Waals surface area contributed by atoms with Crippen molar-refractivity contribution in [3.05, 3.63) is 46.1 Å². The molecule has 2 aromatic rings. The molecule has 3 heterocycles. The molecular weight excluding hydrogens is 330 g/mol. The fourth-order valence-corrected chi connectivity index (χ4v) is 5.60. The lowest BCUT2D eigenvalue weighted by molar-refractivity contribution is -0.114. The van der Waals surface area contributed by atoms with Gasteiger partial charge >= 0.3 is 0 Å². The number of nitrogens with zero attached hydrogens (tertiary/aromatic N) is 2. The summed E-state index contributed by atoms with van der Waals surface area (Å²) in [4.78, 5) is 20.2. The summed E-state index contributed by atoms with van der Waals surface area (Å²) >= 11 is 1.79. The maximum atomic E-state index is 11.8. The van der Waals surface area contributed by atoms with Gasteiger partial charge in [0.2, 0.25) is 5.91 Å². The third kappa shape index (κ3) is 3.35. The summed E-state index contributed by atoms with van der Waals surface area (Å²) in [7, 11) is 0. The number of rotatable bonds is 4. The van der Waals surface area contributed by atoms with E-state index in [2.05, 4.69) is 21.3 Å². The molecule has 132 valence electrons. The number of carbonyl (C=O) groups is 1. The average Bonchev–Trinajstić information content (AvgIpc) is 3.25. The smallest absolute Gasteiger partial charge is 0.221 e. The van der Waals surface area contributed by atoms with Crippen LogP contribution in [0.1, 0.15) is 60.2 Å². The monoisotopic (exact) mass is 355 g/mol. The molecule has 0 spiro atoms. The summed E-state index contributed by atoms with van der Waals surface area (Å²) in [6.45, 7) is 3.84. The lowest BCUT2D eigenvalue weighted by Crippen LogP contribution is -2.28. The van der Waals surface area contributed by atoms with E-state index in [-0.39, 0.29) is 11.9 Å². The van der Waals surface area contributed by atoms with Crippen molar-refractivity contribution in [3.63, 3.8) is 0 Å². The molecule has 1 atom stereocenters. The predicted molar refractivity (Wildman–Crippen MR) is 102 cm³/mol. The van der Waals surface area contributed by atoms with Crippen LogP contribution in [0.4, 0.5) is 5.00 Å². The highest BCUT2D eigenvalue weighted by Crippen LogP contribution is 2.45. The third-order valence-electron chi connectivity index (χ3n) is 5.28. The van der Waals surface area contributed by atoms with Crippen LogP contribution in [0.3, 0.4) is 0 Å². The summed E-state index contributed by atoms with van der Waals surface area (Å²) < 4.78 is 0. The topological polar surface area (TPSA) is 45.2 Å². The first-order chi connectivity index (χ1) is 12.2. The van der Waals surface area contributed by atoms with Gasteiger partial charge in [-0.05, 0) is 68.8 Å². The minimum absolute atomic E-state index is 0.0196. The molecule has 5 heteroatoms. The quantitative estimate of drug-likeness (QED) is 0.895. The van der Waals surface area contributed by atoms with Crippen LogP contribution in [0, 0.1) is 0 Å². The fraction of sp³-hybridized carbons (Fsp3) is 0.500. The molecule has 4 nitrogen and oxygen atoms in total. The first-order valence-electron chi connectivity index (χ1n) is 9.30. The second-order valence-electron chi connectivity index (χ2n) is 7.07. The number of hydrogen-bond acceptors (Lipinski definition) is 4. The molecule has 1 aliphatic carbocycles. The number of nitrogens with one attached hydrogen (secondary N) is 1. The van der Waals surface area contributed by atoms with Crippen molar-refractivity contribution in [1.82, 2.24) is 9.88 Å². The van der Waals surface area contributed by atoms with Gasteiger partial charge in [-0.2, -0.15) is 0 Å². The SMILES string of the molecule is CC(=O)Nc1sc2c(c1C(c1cccnc1)N1CCCC1)CCCC2. The first-order valence-corrected chi connectivity index (χ1v) is 10.1. The van der Waals surface area contributed by atoms with E-state index in [1.807, 2.05) is 18.5 Å². The van der Waals surface area contributed by atoms with Gasteiger partial charge in [0.05, 0.1) is 6.04 Å². The number of anilines is 1. The van der Waals surface area contributed by atoms with E-state index >= 15 is 0 Å². The van der Waals surface area contributed by atoms with Gasteiger partial charge in [0.1, 0.15) is 5.00 Å². The summed E-state index contributed by atoms with van der Waals surface area (Å²) in [5.74, 6) is 0.0196. The van der Waals surface area contributed by atoms with Gasteiger partial charge in [-0.3, -0.25) is 14.7 Å². The zero-order valence-corrected chi connectivity index (χ0v) is 15.6. The van der Waals surface area contributed by atoms with Gasteiger partial charge in [0.25, 0.3) is 0 Å². The Morgan fingerprint density at radius 3 is 2.76 bits per heavy atom. The highest BCUT2D eigenvalue weighted by molar-refractivity contribution is 7.16. The predicted octanol–water partition coefficient (Wildman–Crippen LogP) is 4.17. The normalized spacial score (nSPS) is 18.8. The zero-order valence-electron chi connectivity index (χ0n) is 14.8. The summed E-state index contributed by atoms with van der Waals surface area (Å²) in [5, 5.41) is 4.19. The van der Waals surface area contributed by atoms with Crippen molar-refractivity contribution in [2.24, 2.45) is 0 Å². The molecule has 0 aromatic carbocycles. The number of likely N-dealkylation sites (tertiary alicyclic amines) is 1. The molecule has 0 radical (unpaired) electrons. The third-order valence-corrected chi connectivity index (χ3v) is 6.50. The van der Waals surface area contributed by atoms with E-state index in [1.165, 1.54) is 47.3 Å². The molecule has 1 aliphatic heterocycles. The molecule has 1 N–H and O–H groups in total. The number of carbonyl (C=O) groups excluding carboxylic acids is 1. The number of pyridine rings is 1. The molecule has 1 amide bonds. The number of aryl methyl sites for hydroxylation is 1. The number of aromatic nitrogens is 1. The fourth-order valence-electron chi connectivity index (χ4n) is 4.23. The molecule has 2 aromatic heterocycles.